The molecule has 3 nitrogen and oxygen atoms in total. The second kappa shape index (κ2) is 8.21. The van der Waals surface area contributed by atoms with E-state index in [4.69, 9.17) is 9.47 Å². The maximum Gasteiger partial charge on any atom is 0.169 e. The van der Waals surface area contributed by atoms with Crippen LogP contribution in [0.3, 0.4) is 0 Å². The fraction of sp³-hybridized carbons (Fsp3) is 1.00. The highest BCUT2D eigenvalue weighted by Crippen LogP contribution is 2.09. The summed E-state index contributed by atoms with van der Waals surface area (Å²) in [7, 11) is 3.32. The molecule has 2 unspecified atom stereocenters. The van der Waals surface area contributed by atoms with Gasteiger partial charge in [-0.2, -0.15) is 0 Å². The van der Waals surface area contributed by atoms with Gasteiger partial charge in [0.15, 0.2) is 6.29 Å². The highest BCUT2D eigenvalue weighted by molar-refractivity contribution is 4.65. The van der Waals surface area contributed by atoms with Crippen LogP contribution in [0, 0.1) is 5.92 Å². The van der Waals surface area contributed by atoms with E-state index in [-0.39, 0.29) is 6.29 Å². The van der Waals surface area contributed by atoms with Crippen LogP contribution in [0.1, 0.15) is 33.6 Å². The van der Waals surface area contributed by atoms with Crippen molar-refractivity contribution in [3.8, 4) is 0 Å². The first-order valence-corrected chi connectivity index (χ1v) is 5.42. The molecule has 0 amide bonds. The topological polar surface area (TPSA) is 30.5 Å². The molecule has 2 atom stereocenters. The normalized spacial score (nSPS) is 15.9. The summed E-state index contributed by atoms with van der Waals surface area (Å²) in [6.07, 6.45) is 2.31. The Morgan fingerprint density at radius 2 is 1.71 bits per heavy atom. The van der Waals surface area contributed by atoms with Crippen molar-refractivity contribution in [2.45, 2.75) is 45.9 Å². The van der Waals surface area contributed by atoms with Crippen molar-refractivity contribution < 1.29 is 9.47 Å². The van der Waals surface area contributed by atoms with Crippen LogP contribution in [0.5, 0.6) is 0 Å². The van der Waals surface area contributed by atoms with Crippen molar-refractivity contribution in [2.24, 2.45) is 5.92 Å². The first-order valence-electron chi connectivity index (χ1n) is 5.42. The maximum atomic E-state index is 5.10. The third kappa shape index (κ3) is 6.35. The van der Waals surface area contributed by atoms with E-state index >= 15 is 0 Å². The molecule has 0 saturated heterocycles. The summed E-state index contributed by atoms with van der Waals surface area (Å²) in [5, 5.41) is 3.40. The van der Waals surface area contributed by atoms with Gasteiger partial charge in [-0.05, 0) is 19.3 Å². The molecule has 0 aromatic rings. The van der Waals surface area contributed by atoms with Crippen molar-refractivity contribution in [2.75, 3.05) is 20.8 Å². The maximum absolute atomic E-state index is 5.10. The van der Waals surface area contributed by atoms with Gasteiger partial charge in [0.05, 0.1) is 0 Å². The number of rotatable bonds is 8. The zero-order valence-corrected chi connectivity index (χ0v) is 10.2. The van der Waals surface area contributed by atoms with E-state index in [1.165, 1.54) is 12.8 Å². The van der Waals surface area contributed by atoms with Crippen molar-refractivity contribution in [1.82, 2.24) is 5.32 Å². The fourth-order valence-electron chi connectivity index (χ4n) is 1.41. The van der Waals surface area contributed by atoms with E-state index in [0.717, 1.165) is 12.5 Å². The van der Waals surface area contributed by atoms with Crippen LogP contribution in [0.25, 0.3) is 0 Å². The minimum atomic E-state index is -0.130. The smallest absolute Gasteiger partial charge is 0.169 e. The molecule has 0 aromatic carbocycles. The van der Waals surface area contributed by atoms with Crippen molar-refractivity contribution in [3.63, 3.8) is 0 Å². The molecule has 3 heteroatoms. The summed E-state index contributed by atoms with van der Waals surface area (Å²) in [4.78, 5) is 0. The van der Waals surface area contributed by atoms with Gasteiger partial charge in [0.25, 0.3) is 0 Å². The molecule has 0 heterocycles. The van der Waals surface area contributed by atoms with E-state index in [1.807, 2.05) is 0 Å². The number of nitrogens with one attached hydrogen (secondary N) is 1. The molecule has 0 aliphatic carbocycles. The van der Waals surface area contributed by atoms with Gasteiger partial charge in [0.2, 0.25) is 0 Å². The van der Waals surface area contributed by atoms with Gasteiger partial charge in [-0.3, -0.25) is 0 Å². The summed E-state index contributed by atoms with van der Waals surface area (Å²) in [6.45, 7) is 7.46. The minimum Gasteiger partial charge on any atom is -0.355 e. The monoisotopic (exact) mass is 203 g/mol. The number of ether oxygens (including phenoxy) is 2. The van der Waals surface area contributed by atoms with Crippen LogP contribution in [-0.4, -0.2) is 33.1 Å². The second-order valence-corrected chi connectivity index (χ2v) is 3.96. The molecule has 0 spiro atoms. The first-order chi connectivity index (χ1) is 6.63. The van der Waals surface area contributed by atoms with E-state index in [0.29, 0.717) is 6.04 Å². The van der Waals surface area contributed by atoms with Gasteiger partial charge in [0.1, 0.15) is 0 Å². The van der Waals surface area contributed by atoms with E-state index < -0.39 is 0 Å². The Labute approximate surface area is 88.2 Å². The second-order valence-electron chi connectivity index (χ2n) is 3.96. The van der Waals surface area contributed by atoms with Gasteiger partial charge < -0.3 is 14.8 Å². The summed E-state index contributed by atoms with van der Waals surface area (Å²) in [5.41, 5.74) is 0. The molecule has 0 fully saturated rings. The molecule has 86 valence electrons. The molecule has 14 heavy (non-hydrogen) atoms. The first kappa shape index (κ1) is 13.9. The van der Waals surface area contributed by atoms with Crippen LogP contribution in [0.15, 0.2) is 0 Å². The Morgan fingerprint density at radius 1 is 1.14 bits per heavy atom. The molecular weight excluding hydrogens is 178 g/mol. The molecule has 0 aromatic heterocycles. The molecule has 0 aliphatic rings. The van der Waals surface area contributed by atoms with E-state index in [2.05, 4.69) is 26.1 Å². The average molecular weight is 203 g/mol. The number of methoxy groups -OCH3 is 2. The predicted molar refractivity (Wildman–Crippen MR) is 59.3 cm³/mol. The molecule has 1 N–H and O–H groups in total. The lowest BCUT2D eigenvalue weighted by Gasteiger charge is -2.20. The van der Waals surface area contributed by atoms with Gasteiger partial charge in [-0.25, -0.2) is 0 Å². The van der Waals surface area contributed by atoms with Crippen molar-refractivity contribution >= 4 is 0 Å². The Hall–Kier alpha value is -0.120. The van der Waals surface area contributed by atoms with Crippen LogP contribution in [0.2, 0.25) is 0 Å². The Bertz CT molecular complexity index is 126. The lowest BCUT2D eigenvalue weighted by molar-refractivity contribution is -0.0998. The minimum absolute atomic E-state index is 0.130. The number of hydrogen-bond donors (Lipinski definition) is 1. The predicted octanol–water partition coefficient (Wildman–Crippen LogP) is 2.02. The van der Waals surface area contributed by atoms with E-state index in [1.54, 1.807) is 14.2 Å². The van der Waals surface area contributed by atoms with Crippen LogP contribution < -0.4 is 5.32 Å². The highest BCUT2D eigenvalue weighted by atomic mass is 16.7. The zero-order chi connectivity index (χ0) is 11.0. The van der Waals surface area contributed by atoms with Gasteiger partial charge in [-0.15, -0.1) is 0 Å². The van der Waals surface area contributed by atoms with Gasteiger partial charge in [-0.1, -0.05) is 20.3 Å². The SMILES string of the molecule is CCC(C)CC(C)NCC(OC)OC. The summed E-state index contributed by atoms with van der Waals surface area (Å²) in [5.74, 6) is 0.779. The third-order valence-electron chi connectivity index (χ3n) is 2.61. The largest absolute Gasteiger partial charge is 0.355 e. The van der Waals surface area contributed by atoms with Crippen LogP contribution in [-0.2, 0) is 9.47 Å². The Kier molecular flexibility index (Phi) is 8.14. The summed E-state index contributed by atoms with van der Waals surface area (Å²) >= 11 is 0. The van der Waals surface area contributed by atoms with Crippen LogP contribution >= 0.6 is 0 Å². The quantitative estimate of drug-likeness (QED) is 0.612. The van der Waals surface area contributed by atoms with Crippen molar-refractivity contribution in [1.29, 1.82) is 0 Å². The fourth-order valence-corrected chi connectivity index (χ4v) is 1.41. The molecular formula is C11H25NO2. The third-order valence-corrected chi connectivity index (χ3v) is 2.61. The van der Waals surface area contributed by atoms with E-state index in [9.17, 15) is 0 Å². The number of hydrogen-bond acceptors (Lipinski definition) is 3. The molecule has 0 aliphatic heterocycles. The molecule has 0 radical (unpaired) electrons. The van der Waals surface area contributed by atoms with Crippen molar-refractivity contribution in [3.05, 3.63) is 0 Å². The lowest BCUT2D eigenvalue weighted by Crippen LogP contribution is -2.36. The molecule has 0 bridgehead atoms. The zero-order valence-electron chi connectivity index (χ0n) is 10.2. The van der Waals surface area contributed by atoms with Gasteiger partial charge >= 0.3 is 0 Å². The van der Waals surface area contributed by atoms with Gasteiger partial charge in [0, 0.05) is 26.8 Å². The molecule has 0 saturated carbocycles. The summed E-state index contributed by atoms with van der Waals surface area (Å²) < 4.78 is 10.2. The average Bonchev–Trinajstić information content (AvgIpc) is 2.19. The Balaban J connectivity index is 3.56. The highest BCUT2D eigenvalue weighted by Gasteiger charge is 2.09. The Morgan fingerprint density at radius 3 is 2.14 bits per heavy atom. The summed E-state index contributed by atoms with van der Waals surface area (Å²) in [6, 6.07) is 0.526. The lowest BCUT2D eigenvalue weighted by atomic mass is 10.0. The van der Waals surface area contributed by atoms with Crippen LogP contribution in [0.4, 0.5) is 0 Å². The standard InChI is InChI=1S/C11H25NO2/c1-6-9(2)7-10(3)12-8-11(13-4)14-5/h9-12H,6-8H2,1-5H3. The molecule has 0 rings (SSSR count).